The number of carbonyl (C=O) groups is 1. The lowest BCUT2D eigenvalue weighted by Crippen LogP contribution is -2.37. The highest BCUT2D eigenvalue weighted by Gasteiger charge is 2.19. The van der Waals surface area contributed by atoms with E-state index in [0.717, 1.165) is 19.4 Å². The topological polar surface area (TPSA) is 50.2 Å². The number of hydrogen-bond donors (Lipinski definition) is 1. The van der Waals surface area contributed by atoms with E-state index in [1.165, 1.54) is 25.8 Å². The number of aromatic nitrogens is 2. The molecule has 2 heterocycles. The summed E-state index contributed by atoms with van der Waals surface area (Å²) < 4.78 is 1.80. The molecule has 0 saturated carbocycles. The number of amides is 1. The average Bonchev–Trinajstić information content (AvgIpc) is 2.88. The number of nitrogens with zero attached hydrogens (tertiary/aromatic N) is 3. The fourth-order valence-corrected chi connectivity index (χ4v) is 2.98. The first-order chi connectivity index (χ1) is 10.1. The van der Waals surface area contributed by atoms with E-state index >= 15 is 0 Å². The van der Waals surface area contributed by atoms with Crippen LogP contribution in [0.3, 0.4) is 0 Å². The van der Waals surface area contributed by atoms with Gasteiger partial charge in [-0.1, -0.05) is 18.0 Å². The lowest BCUT2D eigenvalue weighted by atomic mass is 9.98. The highest BCUT2D eigenvalue weighted by Crippen LogP contribution is 2.18. The second-order valence-electron chi connectivity index (χ2n) is 5.79. The number of carbonyl (C=O) groups excluding carboxylic acids is 1. The summed E-state index contributed by atoms with van der Waals surface area (Å²) >= 11 is 5.79. The molecule has 0 aromatic carbocycles. The summed E-state index contributed by atoms with van der Waals surface area (Å²) in [5, 5.41) is 7.74. The van der Waals surface area contributed by atoms with Crippen molar-refractivity contribution in [2.24, 2.45) is 0 Å². The molecular weight excluding hydrogens is 288 g/mol. The zero-order chi connectivity index (χ0) is 15.1. The Kier molecular flexibility index (Phi) is 6.51. The zero-order valence-corrected chi connectivity index (χ0v) is 13.5. The number of hydrogen-bond acceptors (Lipinski definition) is 3. The lowest BCUT2D eigenvalue weighted by Gasteiger charge is -2.32. The first kappa shape index (κ1) is 16.3. The number of aryl methyl sites for hydroxylation is 1. The van der Waals surface area contributed by atoms with Crippen molar-refractivity contribution in [3.05, 3.63) is 17.4 Å². The molecule has 0 spiro atoms. The van der Waals surface area contributed by atoms with Gasteiger partial charge in [-0.05, 0) is 39.3 Å². The Bertz CT molecular complexity index is 449. The molecule has 1 saturated heterocycles. The molecule has 1 aromatic heterocycles. The van der Waals surface area contributed by atoms with Gasteiger partial charge in [-0.15, -0.1) is 0 Å². The van der Waals surface area contributed by atoms with E-state index in [4.69, 9.17) is 11.6 Å². The standard InChI is InChI=1S/C15H25ClN4O/c1-19-9-3-2-5-14(19)6-7-15(21)17-8-4-10-20-12-13(16)11-18-20/h11-12,14H,2-10H2,1H3,(H,17,21)/t14-/m0/s1. The van der Waals surface area contributed by atoms with Gasteiger partial charge in [-0.2, -0.15) is 5.10 Å². The zero-order valence-electron chi connectivity index (χ0n) is 12.7. The number of rotatable bonds is 7. The molecule has 0 unspecified atom stereocenters. The third-order valence-corrected chi connectivity index (χ3v) is 4.31. The van der Waals surface area contributed by atoms with Crippen LogP contribution in [0.1, 0.15) is 38.5 Å². The van der Waals surface area contributed by atoms with E-state index in [9.17, 15) is 4.79 Å². The molecule has 1 atom stereocenters. The minimum Gasteiger partial charge on any atom is -0.356 e. The molecule has 1 aromatic rings. The summed E-state index contributed by atoms with van der Waals surface area (Å²) in [6.07, 6.45) is 9.69. The third-order valence-electron chi connectivity index (χ3n) is 4.11. The molecule has 1 fully saturated rings. The summed E-state index contributed by atoms with van der Waals surface area (Å²) in [6.45, 7) is 2.63. The van der Waals surface area contributed by atoms with Crippen LogP contribution in [0.15, 0.2) is 12.4 Å². The highest BCUT2D eigenvalue weighted by atomic mass is 35.5. The van der Waals surface area contributed by atoms with Crippen molar-refractivity contribution in [3.63, 3.8) is 0 Å². The van der Waals surface area contributed by atoms with E-state index < -0.39 is 0 Å². The monoisotopic (exact) mass is 312 g/mol. The maximum atomic E-state index is 11.8. The van der Waals surface area contributed by atoms with Crippen LogP contribution < -0.4 is 5.32 Å². The summed E-state index contributed by atoms with van der Waals surface area (Å²) in [5.41, 5.74) is 0. The number of nitrogens with one attached hydrogen (secondary N) is 1. The van der Waals surface area contributed by atoms with Gasteiger partial charge in [0.15, 0.2) is 0 Å². The van der Waals surface area contributed by atoms with Gasteiger partial charge in [0.05, 0.1) is 11.2 Å². The van der Waals surface area contributed by atoms with Gasteiger partial charge in [0.2, 0.25) is 5.91 Å². The Morgan fingerprint density at radius 3 is 3.10 bits per heavy atom. The average molecular weight is 313 g/mol. The predicted molar refractivity (Wildman–Crippen MR) is 84.4 cm³/mol. The first-order valence-corrected chi connectivity index (χ1v) is 8.18. The van der Waals surface area contributed by atoms with Crippen molar-refractivity contribution in [2.75, 3.05) is 20.1 Å². The van der Waals surface area contributed by atoms with Crippen LogP contribution in [-0.4, -0.2) is 46.8 Å². The first-order valence-electron chi connectivity index (χ1n) is 7.80. The van der Waals surface area contributed by atoms with E-state index in [1.54, 1.807) is 17.1 Å². The molecular formula is C15H25ClN4O. The van der Waals surface area contributed by atoms with Crippen molar-refractivity contribution >= 4 is 17.5 Å². The summed E-state index contributed by atoms with van der Waals surface area (Å²) in [4.78, 5) is 14.2. The Hall–Kier alpha value is -1.07. The van der Waals surface area contributed by atoms with Gasteiger partial charge in [0, 0.05) is 31.7 Å². The molecule has 1 N–H and O–H groups in total. The molecule has 1 aliphatic rings. The minimum atomic E-state index is 0.160. The molecule has 0 aliphatic carbocycles. The number of piperidine rings is 1. The predicted octanol–water partition coefficient (Wildman–Crippen LogP) is 2.31. The molecule has 0 bridgehead atoms. The normalized spacial score (nSPS) is 19.6. The van der Waals surface area contributed by atoms with Gasteiger partial charge < -0.3 is 10.2 Å². The Morgan fingerprint density at radius 2 is 2.38 bits per heavy atom. The van der Waals surface area contributed by atoms with Crippen molar-refractivity contribution < 1.29 is 4.79 Å². The number of likely N-dealkylation sites (tertiary alicyclic amines) is 1. The largest absolute Gasteiger partial charge is 0.356 e. The molecule has 6 heteroatoms. The van der Waals surface area contributed by atoms with Crippen molar-refractivity contribution in [3.8, 4) is 0 Å². The number of halogens is 1. The van der Waals surface area contributed by atoms with E-state index in [1.807, 2.05) is 0 Å². The van der Waals surface area contributed by atoms with E-state index in [2.05, 4.69) is 22.4 Å². The van der Waals surface area contributed by atoms with Crippen LogP contribution in [0.25, 0.3) is 0 Å². The summed E-state index contributed by atoms with van der Waals surface area (Å²) in [5.74, 6) is 0.160. The Morgan fingerprint density at radius 1 is 1.52 bits per heavy atom. The van der Waals surface area contributed by atoms with Crippen molar-refractivity contribution in [1.29, 1.82) is 0 Å². The van der Waals surface area contributed by atoms with Crippen LogP contribution in [0.4, 0.5) is 0 Å². The van der Waals surface area contributed by atoms with Crippen LogP contribution >= 0.6 is 11.6 Å². The van der Waals surface area contributed by atoms with Gasteiger partial charge >= 0.3 is 0 Å². The fourth-order valence-electron chi connectivity index (χ4n) is 2.82. The molecule has 118 valence electrons. The van der Waals surface area contributed by atoms with Gasteiger partial charge in [-0.3, -0.25) is 9.48 Å². The molecule has 21 heavy (non-hydrogen) atoms. The van der Waals surface area contributed by atoms with Gasteiger partial charge in [0.25, 0.3) is 0 Å². The van der Waals surface area contributed by atoms with Gasteiger partial charge in [-0.25, -0.2) is 0 Å². The fraction of sp³-hybridized carbons (Fsp3) is 0.733. The van der Waals surface area contributed by atoms with Crippen LogP contribution in [0.5, 0.6) is 0 Å². The smallest absolute Gasteiger partial charge is 0.220 e. The van der Waals surface area contributed by atoms with Crippen LogP contribution in [0, 0.1) is 0 Å². The molecule has 1 amide bonds. The van der Waals surface area contributed by atoms with Gasteiger partial charge in [0.1, 0.15) is 0 Å². The minimum absolute atomic E-state index is 0.160. The summed E-state index contributed by atoms with van der Waals surface area (Å²) in [7, 11) is 2.16. The van der Waals surface area contributed by atoms with E-state index in [0.29, 0.717) is 24.0 Å². The maximum Gasteiger partial charge on any atom is 0.220 e. The molecule has 0 radical (unpaired) electrons. The Balaban J connectivity index is 1.55. The third kappa shape index (κ3) is 5.67. The molecule has 1 aliphatic heterocycles. The quantitative estimate of drug-likeness (QED) is 0.786. The molecule has 2 rings (SSSR count). The SMILES string of the molecule is CN1CCCC[C@H]1CCC(=O)NCCCn1cc(Cl)cn1. The highest BCUT2D eigenvalue weighted by molar-refractivity contribution is 6.30. The Labute approximate surface area is 131 Å². The van der Waals surface area contributed by atoms with Crippen LogP contribution in [0.2, 0.25) is 5.02 Å². The lowest BCUT2D eigenvalue weighted by molar-refractivity contribution is -0.121. The molecule has 5 nitrogen and oxygen atoms in total. The maximum absolute atomic E-state index is 11.8. The summed E-state index contributed by atoms with van der Waals surface area (Å²) in [6, 6.07) is 0.579. The second-order valence-corrected chi connectivity index (χ2v) is 6.23. The van der Waals surface area contributed by atoms with E-state index in [-0.39, 0.29) is 5.91 Å². The van der Waals surface area contributed by atoms with Crippen molar-refractivity contribution in [2.45, 2.75) is 51.1 Å². The van der Waals surface area contributed by atoms with Crippen LogP contribution in [-0.2, 0) is 11.3 Å². The van der Waals surface area contributed by atoms with Crippen molar-refractivity contribution in [1.82, 2.24) is 20.0 Å². The second kappa shape index (κ2) is 8.39.